The van der Waals surface area contributed by atoms with Crippen molar-refractivity contribution in [3.05, 3.63) is 54.5 Å². The molecule has 7 nitrogen and oxygen atoms in total. The predicted octanol–water partition coefficient (Wildman–Crippen LogP) is 1.02. The van der Waals surface area contributed by atoms with Crippen LogP contribution in [0.5, 0.6) is 0 Å². The van der Waals surface area contributed by atoms with Crippen molar-refractivity contribution < 1.29 is 9.90 Å². The van der Waals surface area contributed by atoms with Gasteiger partial charge in [0.15, 0.2) is 0 Å². The maximum absolute atomic E-state index is 12.5. The maximum atomic E-state index is 12.5. The smallest absolute Gasteiger partial charge is 0.223 e. The molecular formula is C17H21N5O2. The number of carbonyl (C=O) groups is 1. The van der Waals surface area contributed by atoms with Crippen molar-refractivity contribution in [2.45, 2.75) is 19.4 Å². The number of carbonyl (C=O) groups excluding carboxylic acids is 1. The normalized spacial score (nSPS) is 11.1. The number of nitrogens with zero attached hydrogens (tertiary/aromatic N) is 5. The van der Waals surface area contributed by atoms with E-state index in [1.165, 1.54) is 0 Å². The number of aliphatic hydroxyl groups is 1. The number of rotatable bonds is 7. The summed E-state index contributed by atoms with van der Waals surface area (Å²) < 4.78 is 3.82. The Hall–Kier alpha value is -2.67. The molecule has 3 heterocycles. The van der Waals surface area contributed by atoms with E-state index in [1.54, 1.807) is 11.1 Å². The van der Waals surface area contributed by atoms with Crippen LogP contribution in [0, 0.1) is 0 Å². The molecule has 0 saturated carbocycles. The summed E-state index contributed by atoms with van der Waals surface area (Å²) in [4.78, 5) is 22.9. The van der Waals surface area contributed by atoms with Crippen molar-refractivity contribution in [2.75, 3.05) is 13.2 Å². The number of amides is 1. The summed E-state index contributed by atoms with van der Waals surface area (Å²) in [5.74, 6) is 0.786. The monoisotopic (exact) mass is 327 g/mol. The van der Waals surface area contributed by atoms with E-state index in [9.17, 15) is 9.90 Å². The average Bonchev–Trinajstić information content (AvgIpc) is 3.18. The van der Waals surface area contributed by atoms with Gasteiger partial charge in [-0.3, -0.25) is 4.79 Å². The molecule has 0 aliphatic carbocycles. The Morgan fingerprint density at radius 1 is 1.33 bits per heavy atom. The molecule has 3 aromatic heterocycles. The largest absolute Gasteiger partial charge is 0.395 e. The van der Waals surface area contributed by atoms with Crippen molar-refractivity contribution in [3.63, 3.8) is 0 Å². The van der Waals surface area contributed by atoms with E-state index in [4.69, 9.17) is 0 Å². The molecule has 0 unspecified atom stereocenters. The highest BCUT2D eigenvalue weighted by atomic mass is 16.3. The van der Waals surface area contributed by atoms with Crippen LogP contribution < -0.4 is 0 Å². The van der Waals surface area contributed by atoms with Gasteiger partial charge in [0.25, 0.3) is 0 Å². The summed E-state index contributed by atoms with van der Waals surface area (Å²) >= 11 is 0. The van der Waals surface area contributed by atoms with E-state index in [2.05, 4.69) is 9.97 Å². The highest BCUT2D eigenvalue weighted by molar-refractivity contribution is 5.76. The number of aryl methyl sites for hydroxylation is 2. The highest BCUT2D eigenvalue weighted by Gasteiger charge is 2.16. The molecule has 0 aliphatic heterocycles. The van der Waals surface area contributed by atoms with Crippen LogP contribution in [0.3, 0.4) is 0 Å². The van der Waals surface area contributed by atoms with Crippen LogP contribution in [-0.2, 0) is 24.8 Å². The topological polar surface area (TPSA) is 75.7 Å². The number of fused-ring (bicyclic) bond motifs is 1. The minimum Gasteiger partial charge on any atom is -0.395 e. The molecule has 0 aliphatic rings. The molecule has 0 fully saturated rings. The van der Waals surface area contributed by atoms with E-state index < -0.39 is 0 Å². The maximum Gasteiger partial charge on any atom is 0.223 e. The van der Waals surface area contributed by atoms with Gasteiger partial charge < -0.3 is 19.0 Å². The van der Waals surface area contributed by atoms with Crippen LogP contribution in [0.25, 0.3) is 5.65 Å². The Morgan fingerprint density at radius 3 is 2.92 bits per heavy atom. The summed E-state index contributed by atoms with van der Waals surface area (Å²) in [5.41, 5.74) is 1.76. The molecule has 0 aromatic carbocycles. The van der Waals surface area contributed by atoms with Crippen molar-refractivity contribution in [2.24, 2.45) is 7.05 Å². The van der Waals surface area contributed by atoms with Crippen LogP contribution in [0.4, 0.5) is 0 Å². The van der Waals surface area contributed by atoms with E-state index in [-0.39, 0.29) is 12.5 Å². The lowest BCUT2D eigenvalue weighted by Crippen LogP contribution is -2.34. The first kappa shape index (κ1) is 16.2. The van der Waals surface area contributed by atoms with E-state index in [1.807, 2.05) is 52.8 Å². The first-order valence-corrected chi connectivity index (χ1v) is 7.95. The van der Waals surface area contributed by atoms with Crippen molar-refractivity contribution in [1.82, 2.24) is 23.8 Å². The molecule has 1 amide bonds. The molecule has 24 heavy (non-hydrogen) atoms. The summed E-state index contributed by atoms with van der Waals surface area (Å²) in [6.45, 7) is 0.634. The van der Waals surface area contributed by atoms with Crippen LogP contribution in [0.15, 0.2) is 43.0 Å². The minimum atomic E-state index is -0.0650. The SMILES string of the molecule is Cn1ccnc1CN(CCO)C(=O)CCc1cn2ccccc2n1. The van der Waals surface area contributed by atoms with Gasteiger partial charge >= 0.3 is 0 Å². The van der Waals surface area contributed by atoms with Crippen LogP contribution in [0.1, 0.15) is 17.9 Å². The fraction of sp³-hybridized carbons (Fsp3) is 0.353. The number of pyridine rings is 1. The van der Waals surface area contributed by atoms with Gasteiger partial charge in [-0.15, -0.1) is 0 Å². The molecule has 0 bridgehead atoms. The first-order valence-electron chi connectivity index (χ1n) is 7.95. The number of aromatic nitrogens is 4. The van der Waals surface area contributed by atoms with E-state index in [0.29, 0.717) is 25.9 Å². The molecule has 126 valence electrons. The third kappa shape index (κ3) is 3.62. The van der Waals surface area contributed by atoms with Gasteiger partial charge in [-0.2, -0.15) is 0 Å². The Labute approximate surface area is 140 Å². The lowest BCUT2D eigenvalue weighted by Gasteiger charge is -2.21. The van der Waals surface area contributed by atoms with Crippen molar-refractivity contribution >= 4 is 11.6 Å². The third-order valence-electron chi connectivity index (χ3n) is 3.98. The van der Waals surface area contributed by atoms with Gasteiger partial charge in [-0.1, -0.05) is 6.07 Å². The van der Waals surface area contributed by atoms with E-state index in [0.717, 1.165) is 17.2 Å². The Kier molecular flexibility index (Phi) is 4.90. The second-order valence-electron chi connectivity index (χ2n) is 5.69. The van der Waals surface area contributed by atoms with Gasteiger partial charge in [0.1, 0.15) is 11.5 Å². The van der Waals surface area contributed by atoms with Crippen molar-refractivity contribution in [3.8, 4) is 0 Å². The Bertz CT molecular complexity index is 790. The summed E-state index contributed by atoms with van der Waals surface area (Å²) in [6.07, 6.45) is 8.35. The lowest BCUT2D eigenvalue weighted by atomic mass is 10.2. The molecule has 7 heteroatoms. The van der Waals surface area contributed by atoms with Gasteiger partial charge in [-0.25, -0.2) is 9.97 Å². The molecule has 0 spiro atoms. The summed E-state index contributed by atoms with van der Waals surface area (Å²) in [6, 6.07) is 5.82. The number of hydrogen-bond acceptors (Lipinski definition) is 4. The first-order chi connectivity index (χ1) is 11.7. The van der Waals surface area contributed by atoms with Gasteiger partial charge in [0.05, 0.1) is 18.8 Å². The van der Waals surface area contributed by atoms with Crippen LogP contribution >= 0.6 is 0 Å². The molecule has 0 radical (unpaired) electrons. The summed E-state index contributed by atoms with van der Waals surface area (Å²) in [7, 11) is 1.89. The van der Waals surface area contributed by atoms with Crippen LogP contribution in [-0.4, -0.2) is 48.0 Å². The predicted molar refractivity (Wildman–Crippen MR) is 89.2 cm³/mol. The van der Waals surface area contributed by atoms with Gasteiger partial charge in [0, 0.05) is 44.8 Å². The molecule has 3 aromatic rings. The second kappa shape index (κ2) is 7.27. The fourth-order valence-corrected chi connectivity index (χ4v) is 2.63. The number of hydrogen-bond donors (Lipinski definition) is 1. The average molecular weight is 327 g/mol. The third-order valence-corrected chi connectivity index (χ3v) is 3.98. The molecule has 1 N–H and O–H groups in total. The Morgan fingerprint density at radius 2 is 2.21 bits per heavy atom. The lowest BCUT2D eigenvalue weighted by molar-refractivity contribution is -0.132. The molecule has 3 rings (SSSR count). The Balaban J connectivity index is 1.63. The van der Waals surface area contributed by atoms with E-state index >= 15 is 0 Å². The van der Waals surface area contributed by atoms with Gasteiger partial charge in [-0.05, 0) is 18.6 Å². The van der Waals surface area contributed by atoms with Crippen LogP contribution in [0.2, 0.25) is 0 Å². The zero-order valence-electron chi connectivity index (χ0n) is 13.7. The molecular weight excluding hydrogens is 306 g/mol. The standard InChI is InChI=1S/C17H21N5O2/c1-20-9-7-18-16(20)13-22(10-11-23)17(24)6-5-14-12-21-8-3-2-4-15(21)19-14/h2-4,7-9,12,23H,5-6,10-11,13H2,1H3. The number of aliphatic hydroxyl groups excluding tert-OH is 1. The second-order valence-corrected chi connectivity index (χ2v) is 5.69. The molecule has 0 atom stereocenters. The van der Waals surface area contributed by atoms with Crippen molar-refractivity contribution in [1.29, 1.82) is 0 Å². The summed E-state index contributed by atoms with van der Waals surface area (Å²) in [5, 5.41) is 9.23. The van der Waals surface area contributed by atoms with Gasteiger partial charge in [0.2, 0.25) is 5.91 Å². The fourth-order valence-electron chi connectivity index (χ4n) is 2.63. The zero-order chi connectivity index (χ0) is 16.9. The number of imidazole rings is 2. The molecule has 0 saturated heterocycles. The highest BCUT2D eigenvalue weighted by Crippen LogP contribution is 2.09. The quantitative estimate of drug-likeness (QED) is 0.703. The minimum absolute atomic E-state index is 0.0101. The zero-order valence-corrected chi connectivity index (χ0v) is 13.7.